The second kappa shape index (κ2) is 6.99. The van der Waals surface area contributed by atoms with Crippen molar-refractivity contribution in [3.05, 3.63) is 36.3 Å². The third-order valence-corrected chi connectivity index (χ3v) is 2.74. The van der Waals surface area contributed by atoms with E-state index < -0.39 is 0 Å². The maximum absolute atomic E-state index is 11.7. The molecule has 1 amide bonds. The van der Waals surface area contributed by atoms with Gasteiger partial charge in [0.15, 0.2) is 0 Å². The predicted molar refractivity (Wildman–Crippen MR) is 81.3 cm³/mol. The predicted octanol–water partition coefficient (Wildman–Crippen LogP) is 1.77. The van der Waals surface area contributed by atoms with Crippen molar-refractivity contribution in [2.75, 3.05) is 10.6 Å². The van der Waals surface area contributed by atoms with Crippen molar-refractivity contribution in [1.82, 2.24) is 20.6 Å². The zero-order valence-corrected chi connectivity index (χ0v) is 12.2. The summed E-state index contributed by atoms with van der Waals surface area (Å²) in [6, 6.07) is 9.15. The Balaban J connectivity index is 2.10. The summed E-state index contributed by atoms with van der Waals surface area (Å²) >= 11 is 0. The molecule has 1 aromatic heterocycles. The fraction of sp³-hybridized carbons (Fsp3) is 0.214. The van der Waals surface area contributed by atoms with E-state index in [1.807, 2.05) is 26.0 Å². The first-order chi connectivity index (χ1) is 10.6. The van der Waals surface area contributed by atoms with E-state index in [4.69, 9.17) is 5.26 Å². The van der Waals surface area contributed by atoms with Crippen molar-refractivity contribution >= 4 is 22.9 Å². The molecule has 0 aliphatic rings. The fourth-order valence-corrected chi connectivity index (χ4v) is 1.55. The lowest BCUT2D eigenvalue weighted by molar-refractivity contribution is -0.118. The number of tetrazole rings is 1. The lowest BCUT2D eigenvalue weighted by atomic mass is 10.2. The molecule has 8 heteroatoms. The van der Waals surface area contributed by atoms with Gasteiger partial charge in [0.25, 0.3) is 0 Å². The minimum Gasteiger partial charge on any atom is -0.360 e. The summed E-state index contributed by atoms with van der Waals surface area (Å²) in [5.74, 6) is 0.0522. The monoisotopic (exact) mass is 297 g/mol. The Labute approximate surface area is 127 Å². The highest BCUT2D eigenvalue weighted by Gasteiger charge is 2.08. The molecule has 0 saturated carbocycles. The van der Waals surface area contributed by atoms with Gasteiger partial charge in [-0.1, -0.05) is 19.9 Å². The number of benzene rings is 1. The van der Waals surface area contributed by atoms with Gasteiger partial charge in [0.1, 0.15) is 11.6 Å². The van der Waals surface area contributed by atoms with E-state index in [0.29, 0.717) is 5.69 Å². The highest BCUT2D eigenvalue weighted by atomic mass is 16.1. The summed E-state index contributed by atoms with van der Waals surface area (Å²) in [5, 5.41) is 28.0. The average molecular weight is 297 g/mol. The summed E-state index contributed by atoms with van der Waals surface area (Å²) in [4.78, 5) is 11.7. The van der Waals surface area contributed by atoms with E-state index >= 15 is 0 Å². The first-order valence-corrected chi connectivity index (χ1v) is 6.61. The molecule has 0 aliphatic carbocycles. The molecule has 1 heterocycles. The number of rotatable bonds is 5. The number of aromatic amines is 1. The van der Waals surface area contributed by atoms with Gasteiger partial charge in [-0.05, 0) is 23.4 Å². The van der Waals surface area contributed by atoms with Gasteiger partial charge >= 0.3 is 0 Å². The molecule has 22 heavy (non-hydrogen) atoms. The standard InChI is InChI=1S/C14H15N7O/c1-9(2)14(22)17-12-5-3-4-11(6-12)16-8-10(7-15)13-18-20-21-19-13/h3-6,8-9,16H,1-2H3,(H,17,22)(H,18,19,20,21). The van der Waals surface area contributed by atoms with Gasteiger partial charge in [0, 0.05) is 23.5 Å². The van der Waals surface area contributed by atoms with Crippen LogP contribution in [0.15, 0.2) is 30.5 Å². The summed E-state index contributed by atoms with van der Waals surface area (Å²) in [7, 11) is 0. The van der Waals surface area contributed by atoms with E-state index in [-0.39, 0.29) is 23.2 Å². The van der Waals surface area contributed by atoms with Crippen LogP contribution in [-0.4, -0.2) is 26.5 Å². The molecule has 112 valence electrons. The molecular formula is C14H15N7O. The molecule has 0 radical (unpaired) electrons. The Morgan fingerprint density at radius 2 is 2.18 bits per heavy atom. The number of nitrogens with zero attached hydrogens (tertiary/aromatic N) is 4. The number of nitriles is 1. The quantitative estimate of drug-likeness (QED) is 0.723. The van der Waals surface area contributed by atoms with Crippen LogP contribution in [0.1, 0.15) is 19.7 Å². The van der Waals surface area contributed by atoms with Gasteiger partial charge < -0.3 is 10.6 Å². The van der Waals surface area contributed by atoms with Crippen molar-refractivity contribution in [2.24, 2.45) is 5.92 Å². The number of anilines is 2. The molecule has 0 unspecified atom stereocenters. The van der Waals surface area contributed by atoms with E-state index in [1.165, 1.54) is 6.20 Å². The number of hydrogen-bond acceptors (Lipinski definition) is 6. The number of amides is 1. The smallest absolute Gasteiger partial charge is 0.226 e. The molecule has 0 spiro atoms. The second-order valence-corrected chi connectivity index (χ2v) is 4.77. The van der Waals surface area contributed by atoms with Crippen LogP contribution in [0.2, 0.25) is 0 Å². The van der Waals surface area contributed by atoms with Crippen LogP contribution in [0.3, 0.4) is 0 Å². The normalized spacial score (nSPS) is 11.1. The Morgan fingerprint density at radius 1 is 1.41 bits per heavy atom. The maximum atomic E-state index is 11.7. The molecule has 0 aliphatic heterocycles. The van der Waals surface area contributed by atoms with Crippen LogP contribution in [-0.2, 0) is 4.79 Å². The molecule has 0 fully saturated rings. The average Bonchev–Trinajstić information content (AvgIpc) is 3.02. The van der Waals surface area contributed by atoms with Crippen molar-refractivity contribution in [3.8, 4) is 6.07 Å². The zero-order chi connectivity index (χ0) is 15.9. The van der Waals surface area contributed by atoms with Gasteiger partial charge in [0.2, 0.25) is 11.7 Å². The van der Waals surface area contributed by atoms with Gasteiger partial charge in [0.05, 0.1) is 0 Å². The second-order valence-electron chi connectivity index (χ2n) is 4.77. The Kier molecular flexibility index (Phi) is 4.82. The SMILES string of the molecule is CC(C)C(=O)Nc1cccc(NC=C(C#N)c2nn[nH]n2)c1. The molecule has 8 nitrogen and oxygen atoms in total. The first-order valence-electron chi connectivity index (χ1n) is 6.61. The molecule has 0 bridgehead atoms. The van der Waals surface area contributed by atoms with Gasteiger partial charge in [-0.25, -0.2) is 0 Å². The van der Waals surface area contributed by atoms with Gasteiger partial charge in [-0.3, -0.25) is 4.79 Å². The third kappa shape index (κ3) is 3.89. The summed E-state index contributed by atoms with van der Waals surface area (Å²) in [5.41, 5.74) is 1.64. The molecule has 2 rings (SSSR count). The number of allylic oxidation sites excluding steroid dienone is 1. The van der Waals surface area contributed by atoms with E-state index in [9.17, 15) is 4.79 Å². The summed E-state index contributed by atoms with van der Waals surface area (Å²) in [6.45, 7) is 3.65. The number of nitrogens with one attached hydrogen (secondary N) is 3. The van der Waals surface area contributed by atoms with Crippen LogP contribution >= 0.6 is 0 Å². The molecule has 0 saturated heterocycles. The van der Waals surface area contributed by atoms with E-state index in [2.05, 4.69) is 31.3 Å². The van der Waals surface area contributed by atoms with Crippen LogP contribution in [0.4, 0.5) is 11.4 Å². The van der Waals surface area contributed by atoms with Crippen molar-refractivity contribution in [3.63, 3.8) is 0 Å². The highest BCUT2D eigenvalue weighted by Crippen LogP contribution is 2.17. The van der Waals surface area contributed by atoms with Crippen LogP contribution in [0.5, 0.6) is 0 Å². The Bertz CT molecular complexity index is 713. The summed E-state index contributed by atoms with van der Waals surface area (Å²) < 4.78 is 0. The zero-order valence-electron chi connectivity index (χ0n) is 12.2. The van der Waals surface area contributed by atoms with Crippen LogP contribution in [0, 0.1) is 17.2 Å². The molecule has 2 aromatic rings. The van der Waals surface area contributed by atoms with Crippen molar-refractivity contribution in [1.29, 1.82) is 5.26 Å². The number of aromatic nitrogens is 4. The summed E-state index contributed by atoms with van der Waals surface area (Å²) in [6.07, 6.45) is 1.48. The number of H-pyrrole nitrogens is 1. The van der Waals surface area contributed by atoms with Gasteiger partial charge in [-0.2, -0.15) is 10.5 Å². The number of hydrogen-bond donors (Lipinski definition) is 3. The van der Waals surface area contributed by atoms with Gasteiger partial charge in [-0.15, -0.1) is 10.2 Å². The lowest BCUT2D eigenvalue weighted by Crippen LogP contribution is -2.17. The van der Waals surface area contributed by atoms with E-state index in [0.717, 1.165) is 5.69 Å². The third-order valence-electron chi connectivity index (χ3n) is 2.74. The highest BCUT2D eigenvalue weighted by molar-refractivity contribution is 5.92. The fourth-order valence-electron chi connectivity index (χ4n) is 1.55. The Morgan fingerprint density at radius 3 is 2.82 bits per heavy atom. The lowest BCUT2D eigenvalue weighted by Gasteiger charge is -2.09. The molecule has 3 N–H and O–H groups in total. The number of carbonyl (C=O) groups excluding carboxylic acids is 1. The largest absolute Gasteiger partial charge is 0.360 e. The van der Waals surface area contributed by atoms with Crippen LogP contribution < -0.4 is 10.6 Å². The minimum absolute atomic E-state index is 0.0581. The number of carbonyl (C=O) groups is 1. The van der Waals surface area contributed by atoms with E-state index in [1.54, 1.807) is 18.2 Å². The Hall–Kier alpha value is -3.21. The first kappa shape index (κ1) is 15.2. The minimum atomic E-state index is -0.0973. The molecule has 1 aromatic carbocycles. The topological polar surface area (TPSA) is 119 Å². The van der Waals surface area contributed by atoms with Crippen molar-refractivity contribution < 1.29 is 4.79 Å². The maximum Gasteiger partial charge on any atom is 0.226 e. The molecule has 0 atom stereocenters. The van der Waals surface area contributed by atoms with Crippen molar-refractivity contribution in [2.45, 2.75) is 13.8 Å². The van der Waals surface area contributed by atoms with Crippen LogP contribution in [0.25, 0.3) is 5.57 Å². The molecular weight excluding hydrogens is 282 g/mol.